The molecule has 1 atom stereocenters. The number of aromatic nitrogens is 1. The van der Waals surface area contributed by atoms with Crippen LogP contribution in [0.5, 0.6) is 0 Å². The quantitative estimate of drug-likeness (QED) is 0.717. The van der Waals surface area contributed by atoms with Gasteiger partial charge in [-0.05, 0) is 26.7 Å². The SMILES string of the molecule is COCCN(c1nc(C)c(CNC2CC2)s1)C(C)COC. The molecule has 1 N–H and O–H groups in total. The van der Waals surface area contributed by atoms with Gasteiger partial charge in [-0.2, -0.15) is 0 Å². The average Bonchev–Trinajstić information content (AvgIpc) is 3.21. The Kier molecular flexibility index (Phi) is 6.41. The van der Waals surface area contributed by atoms with Gasteiger partial charge < -0.3 is 19.7 Å². The first kappa shape index (κ1) is 16.7. The normalized spacial score (nSPS) is 16.2. The standard InChI is InChI=1S/C15H27N3O2S/c1-11(10-20-4)18(7-8-19-3)15-17-12(2)14(21-15)9-16-13-5-6-13/h11,13,16H,5-10H2,1-4H3. The van der Waals surface area contributed by atoms with Crippen LogP contribution in [0, 0.1) is 6.92 Å². The Bertz CT molecular complexity index is 435. The highest BCUT2D eigenvalue weighted by Crippen LogP contribution is 2.28. The molecule has 1 unspecified atom stereocenters. The number of methoxy groups -OCH3 is 2. The molecule has 120 valence electrons. The Morgan fingerprint density at radius 2 is 2.14 bits per heavy atom. The van der Waals surface area contributed by atoms with Gasteiger partial charge in [-0.3, -0.25) is 0 Å². The maximum Gasteiger partial charge on any atom is 0.186 e. The van der Waals surface area contributed by atoms with E-state index in [4.69, 9.17) is 14.5 Å². The van der Waals surface area contributed by atoms with Crippen LogP contribution in [0.1, 0.15) is 30.3 Å². The van der Waals surface area contributed by atoms with E-state index >= 15 is 0 Å². The Morgan fingerprint density at radius 3 is 2.76 bits per heavy atom. The van der Waals surface area contributed by atoms with Crippen LogP contribution in [0.2, 0.25) is 0 Å². The molecule has 1 aromatic rings. The molecule has 1 aliphatic carbocycles. The minimum atomic E-state index is 0.292. The lowest BCUT2D eigenvalue weighted by molar-refractivity contribution is 0.171. The van der Waals surface area contributed by atoms with Gasteiger partial charge in [0.2, 0.25) is 0 Å². The van der Waals surface area contributed by atoms with Gasteiger partial charge in [0, 0.05) is 38.2 Å². The van der Waals surface area contributed by atoms with Crippen molar-refractivity contribution in [3.05, 3.63) is 10.6 Å². The van der Waals surface area contributed by atoms with Gasteiger partial charge in [-0.1, -0.05) is 0 Å². The third kappa shape index (κ3) is 4.92. The fraction of sp³-hybridized carbons (Fsp3) is 0.800. The minimum Gasteiger partial charge on any atom is -0.383 e. The van der Waals surface area contributed by atoms with E-state index in [0.29, 0.717) is 19.3 Å². The molecule has 0 bridgehead atoms. The summed E-state index contributed by atoms with van der Waals surface area (Å²) < 4.78 is 10.5. The molecule has 0 saturated heterocycles. The van der Waals surface area contributed by atoms with Crippen LogP contribution >= 0.6 is 11.3 Å². The van der Waals surface area contributed by atoms with E-state index in [0.717, 1.165) is 30.0 Å². The monoisotopic (exact) mass is 313 g/mol. The van der Waals surface area contributed by atoms with Crippen LogP contribution < -0.4 is 10.2 Å². The summed E-state index contributed by atoms with van der Waals surface area (Å²) in [6.07, 6.45) is 2.63. The van der Waals surface area contributed by atoms with Gasteiger partial charge >= 0.3 is 0 Å². The number of nitrogens with zero attached hydrogens (tertiary/aromatic N) is 2. The zero-order valence-corrected chi connectivity index (χ0v) is 14.3. The molecule has 0 aliphatic heterocycles. The van der Waals surface area contributed by atoms with Gasteiger partial charge in [0.1, 0.15) is 0 Å². The second-order valence-electron chi connectivity index (χ2n) is 5.65. The number of ether oxygens (including phenoxy) is 2. The molecule has 2 rings (SSSR count). The number of nitrogens with one attached hydrogen (secondary N) is 1. The van der Waals surface area contributed by atoms with E-state index in [1.807, 2.05) is 0 Å². The molecule has 1 fully saturated rings. The van der Waals surface area contributed by atoms with Crippen molar-refractivity contribution >= 4 is 16.5 Å². The highest BCUT2D eigenvalue weighted by molar-refractivity contribution is 7.15. The Hall–Kier alpha value is -0.690. The number of hydrogen-bond acceptors (Lipinski definition) is 6. The van der Waals surface area contributed by atoms with E-state index in [-0.39, 0.29) is 0 Å². The fourth-order valence-electron chi connectivity index (χ4n) is 2.25. The van der Waals surface area contributed by atoms with Crippen LogP contribution in [0.4, 0.5) is 5.13 Å². The summed E-state index contributed by atoms with van der Waals surface area (Å²) >= 11 is 1.78. The molecule has 0 amide bonds. The molecule has 6 heteroatoms. The van der Waals surface area contributed by atoms with E-state index in [9.17, 15) is 0 Å². The number of rotatable bonds is 10. The first-order chi connectivity index (χ1) is 10.2. The molecule has 5 nitrogen and oxygen atoms in total. The number of hydrogen-bond donors (Lipinski definition) is 1. The van der Waals surface area contributed by atoms with Crippen LogP contribution in [-0.4, -0.2) is 51.0 Å². The molecule has 1 saturated carbocycles. The van der Waals surface area contributed by atoms with Crippen LogP contribution in [0.25, 0.3) is 0 Å². The number of anilines is 1. The summed E-state index contributed by atoms with van der Waals surface area (Å²) in [7, 11) is 3.47. The van der Waals surface area contributed by atoms with E-state index < -0.39 is 0 Å². The smallest absolute Gasteiger partial charge is 0.186 e. The summed E-state index contributed by atoms with van der Waals surface area (Å²) in [5, 5.41) is 4.64. The van der Waals surface area contributed by atoms with E-state index in [1.165, 1.54) is 17.7 Å². The predicted octanol–water partition coefficient (Wildman–Crippen LogP) is 2.19. The van der Waals surface area contributed by atoms with Crippen molar-refractivity contribution in [2.75, 3.05) is 38.9 Å². The van der Waals surface area contributed by atoms with Crippen molar-refractivity contribution in [1.82, 2.24) is 10.3 Å². The van der Waals surface area contributed by atoms with Crippen molar-refractivity contribution in [3.8, 4) is 0 Å². The highest BCUT2D eigenvalue weighted by Gasteiger charge is 2.23. The van der Waals surface area contributed by atoms with Crippen LogP contribution in [0.3, 0.4) is 0 Å². The third-order valence-electron chi connectivity index (χ3n) is 3.73. The molecule has 0 radical (unpaired) electrons. The van der Waals surface area contributed by atoms with Crippen molar-refractivity contribution < 1.29 is 9.47 Å². The Morgan fingerprint density at radius 1 is 1.38 bits per heavy atom. The van der Waals surface area contributed by atoms with Gasteiger partial charge in [-0.15, -0.1) is 11.3 Å². The first-order valence-electron chi connectivity index (χ1n) is 7.60. The molecule has 21 heavy (non-hydrogen) atoms. The van der Waals surface area contributed by atoms with E-state index in [2.05, 4.69) is 24.1 Å². The summed E-state index contributed by atoms with van der Waals surface area (Å²) in [4.78, 5) is 8.38. The number of thiazole rings is 1. The maximum absolute atomic E-state index is 5.29. The summed E-state index contributed by atoms with van der Waals surface area (Å²) in [6, 6.07) is 1.02. The second kappa shape index (κ2) is 8.08. The summed E-state index contributed by atoms with van der Waals surface area (Å²) in [6.45, 7) is 7.42. The maximum atomic E-state index is 5.29. The Balaban J connectivity index is 2.04. The van der Waals surface area contributed by atoms with Crippen molar-refractivity contribution in [2.45, 2.75) is 45.3 Å². The zero-order valence-electron chi connectivity index (χ0n) is 13.5. The first-order valence-corrected chi connectivity index (χ1v) is 8.41. The van der Waals surface area contributed by atoms with Crippen LogP contribution in [-0.2, 0) is 16.0 Å². The van der Waals surface area contributed by atoms with Crippen molar-refractivity contribution in [2.24, 2.45) is 0 Å². The van der Waals surface area contributed by atoms with Crippen LogP contribution in [0.15, 0.2) is 0 Å². The summed E-state index contributed by atoms with van der Waals surface area (Å²) in [5.74, 6) is 0. The lowest BCUT2D eigenvalue weighted by atomic mass is 10.3. The highest BCUT2D eigenvalue weighted by atomic mass is 32.1. The van der Waals surface area contributed by atoms with Gasteiger partial charge in [0.25, 0.3) is 0 Å². The molecule has 1 aromatic heterocycles. The molecular weight excluding hydrogens is 286 g/mol. The largest absolute Gasteiger partial charge is 0.383 e. The molecule has 1 heterocycles. The topological polar surface area (TPSA) is 46.6 Å². The molecule has 0 aromatic carbocycles. The predicted molar refractivity (Wildman–Crippen MR) is 87.3 cm³/mol. The Labute approximate surface area is 131 Å². The van der Waals surface area contributed by atoms with Gasteiger partial charge in [0.05, 0.1) is 24.9 Å². The fourth-order valence-corrected chi connectivity index (χ4v) is 3.39. The van der Waals surface area contributed by atoms with Gasteiger partial charge in [-0.25, -0.2) is 4.98 Å². The molecular formula is C15H27N3O2S. The molecule has 0 spiro atoms. The lowest BCUT2D eigenvalue weighted by Gasteiger charge is -2.28. The lowest BCUT2D eigenvalue weighted by Crippen LogP contribution is -2.38. The van der Waals surface area contributed by atoms with Crippen molar-refractivity contribution in [3.63, 3.8) is 0 Å². The van der Waals surface area contributed by atoms with E-state index in [1.54, 1.807) is 25.6 Å². The molecule has 1 aliphatic rings. The zero-order chi connectivity index (χ0) is 15.2. The average molecular weight is 313 g/mol. The minimum absolute atomic E-state index is 0.292. The van der Waals surface area contributed by atoms with Gasteiger partial charge in [0.15, 0.2) is 5.13 Å². The summed E-state index contributed by atoms with van der Waals surface area (Å²) in [5.41, 5.74) is 1.13. The second-order valence-corrected chi connectivity index (χ2v) is 6.71. The third-order valence-corrected chi connectivity index (χ3v) is 4.93. The van der Waals surface area contributed by atoms with Crippen molar-refractivity contribution in [1.29, 1.82) is 0 Å². The number of aryl methyl sites for hydroxylation is 1.